The van der Waals surface area contributed by atoms with Crippen LogP contribution in [0.15, 0.2) is 12.4 Å². The van der Waals surface area contributed by atoms with Gasteiger partial charge in [0.25, 0.3) is 0 Å². The molecule has 0 atom stereocenters. The maximum absolute atomic E-state index is 4.32. The summed E-state index contributed by atoms with van der Waals surface area (Å²) in [7, 11) is 0. The summed E-state index contributed by atoms with van der Waals surface area (Å²) in [6, 6.07) is 2.00. The van der Waals surface area contributed by atoms with Crippen molar-refractivity contribution >= 4 is 5.82 Å². The first kappa shape index (κ1) is 14.0. The van der Waals surface area contributed by atoms with Crippen LogP contribution in [0, 0.1) is 0 Å². The number of nitrogens with one attached hydrogen (secondary N) is 1. The van der Waals surface area contributed by atoms with Crippen LogP contribution in [-0.4, -0.2) is 24.7 Å². The van der Waals surface area contributed by atoms with Crippen molar-refractivity contribution in [3.8, 4) is 0 Å². The summed E-state index contributed by atoms with van der Waals surface area (Å²) < 4.78 is 2.25. The maximum Gasteiger partial charge on any atom is 0.152 e. The van der Waals surface area contributed by atoms with Gasteiger partial charge >= 0.3 is 0 Å². The van der Waals surface area contributed by atoms with E-state index in [-0.39, 0.29) is 0 Å². The minimum atomic E-state index is 0.401. The van der Waals surface area contributed by atoms with Gasteiger partial charge in [-0.2, -0.15) is 0 Å². The zero-order valence-corrected chi connectivity index (χ0v) is 12.7. The monoisotopic (exact) mass is 286 g/mol. The number of hydrogen-bond donors (Lipinski definition) is 1. The van der Waals surface area contributed by atoms with Crippen molar-refractivity contribution in [1.82, 2.24) is 24.7 Å². The summed E-state index contributed by atoms with van der Waals surface area (Å²) in [5.74, 6) is 3.36. The number of hydrogen-bond acceptors (Lipinski definition) is 5. The van der Waals surface area contributed by atoms with Gasteiger partial charge in [0.2, 0.25) is 0 Å². The molecule has 0 unspecified atom stereocenters. The van der Waals surface area contributed by atoms with Gasteiger partial charge in [0.1, 0.15) is 18.0 Å². The lowest BCUT2D eigenvalue weighted by atomic mass is 10.1. The first-order valence-electron chi connectivity index (χ1n) is 7.71. The van der Waals surface area contributed by atoms with E-state index < -0.39 is 0 Å². The van der Waals surface area contributed by atoms with Crippen LogP contribution in [0.2, 0.25) is 0 Å². The SMILES string of the molecule is CC(C)c1cc(NCc2nnc3n2CCCCC3)ncn1. The molecule has 2 aromatic rings. The van der Waals surface area contributed by atoms with E-state index >= 15 is 0 Å². The normalized spacial score (nSPS) is 14.8. The number of aryl methyl sites for hydroxylation is 1. The summed E-state index contributed by atoms with van der Waals surface area (Å²) in [5.41, 5.74) is 1.05. The van der Waals surface area contributed by atoms with Crippen LogP contribution in [0.1, 0.15) is 56.4 Å². The molecule has 0 aromatic carbocycles. The van der Waals surface area contributed by atoms with Gasteiger partial charge in [-0.15, -0.1) is 10.2 Å². The fourth-order valence-corrected chi connectivity index (χ4v) is 2.63. The molecule has 0 fully saturated rings. The average Bonchev–Trinajstić information content (AvgIpc) is 2.72. The number of anilines is 1. The molecule has 0 spiro atoms. The third-order valence-electron chi connectivity index (χ3n) is 3.89. The molecule has 6 heteroatoms. The Bertz CT molecular complexity index is 604. The Labute approximate surface area is 125 Å². The van der Waals surface area contributed by atoms with Crippen LogP contribution in [0.25, 0.3) is 0 Å². The molecule has 6 nitrogen and oxygen atoms in total. The van der Waals surface area contributed by atoms with Crippen molar-refractivity contribution in [3.05, 3.63) is 29.7 Å². The fraction of sp³-hybridized carbons (Fsp3) is 0.600. The molecule has 3 rings (SSSR count). The zero-order valence-electron chi connectivity index (χ0n) is 12.7. The van der Waals surface area contributed by atoms with Crippen LogP contribution in [0.3, 0.4) is 0 Å². The number of rotatable bonds is 4. The zero-order chi connectivity index (χ0) is 14.7. The van der Waals surface area contributed by atoms with E-state index in [1.807, 2.05) is 6.07 Å². The van der Waals surface area contributed by atoms with Gasteiger partial charge < -0.3 is 9.88 Å². The standard InChI is InChI=1S/C15H22N6/c1-11(2)12-8-13(18-10-17-12)16-9-15-20-19-14-6-4-3-5-7-21(14)15/h8,10-11H,3-7,9H2,1-2H3,(H,16,17,18). The lowest BCUT2D eigenvalue weighted by Gasteiger charge is -2.10. The Morgan fingerprint density at radius 3 is 2.95 bits per heavy atom. The van der Waals surface area contributed by atoms with Gasteiger partial charge in [-0.25, -0.2) is 9.97 Å². The minimum Gasteiger partial charge on any atom is -0.363 e. The second-order valence-electron chi connectivity index (χ2n) is 5.83. The summed E-state index contributed by atoms with van der Waals surface area (Å²) in [4.78, 5) is 8.55. The predicted octanol–water partition coefficient (Wildman–Crippen LogP) is 2.53. The molecule has 0 bridgehead atoms. The van der Waals surface area contributed by atoms with E-state index in [1.54, 1.807) is 6.33 Å². The highest BCUT2D eigenvalue weighted by molar-refractivity contribution is 5.35. The maximum atomic E-state index is 4.32. The Kier molecular flexibility index (Phi) is 4.13. The highest BCUT2D eigenvalue weighted by Gasteiger charge is 2.14. The predicted molar refractivity (Wildman–Crippen MR) is 81.0 cm³/mol. The van der Waals surface area contributed by atoms with E-state index in [2.05, 4.69) is 43.9 Å². The Hall–Kier alpha value is -1.98. The molecular formula is C15H22N6. The van der Waals surface area contributed by atoms with Gasteiger partial charge in [0.15, 0.2) is 5.82 Å². The highest BCUT2D eigenvalue weighted by atomic mass is 15.3. The van der Waals surface area contributed by atoms with Crippen LogP contribution in [-0.2, 0) is 19.5 Å². The second kappa shape index (κ2) is 6.20. The summed E-state index contributed by atoms with van der Waals surface area (Å²) in [6.45, 7) is 5.94. The highest BCUT2D eigenvalue weighted by Crippen LogP contribution is 2.16. The molecule has 2 aromatic heterocycles. The van der Waals surface area contributed by atoms with Gasteiger partial charge in [0.05, 0.1) is 6.54 Å². The van der Waals surface area contributed by atoms with E-state index in [9.17, 15) is 0 Å². The third-order valence-corrected chi connectivity index (χ3v) is 3.89. The molecule has 1 aliphatic rings. The van der Waals surface area contributed by atoms with Gasteiger partial charge in [-0.1, -0.05) is 20.3 Å². The third kappa shape index (κ3) is 3.20. The lowest BCUT2D eigenvalue weighted by molar-refractivity contribution is 0.609. The first-order valence-corrected chi connectivity index (χ1v) is 7.71. The van der Waals surface area contributed by atoms with E-state index in [0.29, 0.717) is 12.5 Å². The smallest absolute Gasteiger partial charge is 0.152 e. The molecule has 0 saturated heterocycles. The number of nitrogens with zero attached hydrogens (tertiary/aromatic N) is 5. The van der Waals surface area contributed by atoms with Crippen LogP contribution < -0.4 is 5.32 Å². The van der Waals surface area contributed by atoms with Crippen LogP contribution in [0.5, 0.6) is 0 Å². The quantitative estimate of drug-likeness (QED) is 0.935. The lowest BCUT2D eigenvalue weighted by Crippen LogP contribution is -2.11. The molecular weight excluding hydrogens is 264 g/mol. The molecule has 0 amide bonds. The number of aromatic nitrogens is 5. The van der Waals surface area contributed by atoms with E-state index in [0.717, 1.165) is 36.1 Å². The van der Waals surface area contributed by atoms with Gasteiger partial charge in [0, 0.05) is 24.7 Å². The van der Waals surface area contributed by atoms with Crippen molar-refractivity contribution in [1.29, 1.82) is 0 Å². The molecule has 1 N–H and O–H groups in total. The number of fused-ring (bicyclic) bond motifs is 1. The molecule has 0 saturated carbocycles. The summed E-state index contributed by atoms with van der Waals surface area (Å²) >= 11 is 0. The van der Waals surface area contributed by atoms with Gasteiger partial charge in [-0.05, 0) is 18.8 Å². The summed E-state index contributed by atoms with van der Waals surface area (Å²) in [5, 5.41) is 12.0. The summed E-state index contributed by atoms with van der Waals surface area (Å²) in [6.07, 6.45) is 6.36. The molecule has 21 heavy (non-hydrogen) atoms. The van der Waals surface area contributed by atoms with Crippen molar-refractivity contribution in [3.63, 3.8) is 0 Å². The fourth-order valence-electron chi connectivity index (χ4n) is 2.63. The van der Waals surface area contributed by atoms with Crippen molar-refractivity contribution < 1.29 is 0 Å². The Morgan fingerprint density at radius 1 is 1.19 bits per heavy atom. The first-order chi connectivity index (χ1) is 10.2. The van der Waals surface area contributed by atoms with E-state index in [1.165, 1.54) is 19.3 Å². The topological polar surface area (TPSA) is 68.5 Å². The molecule has 112 valence electrons. The Morgan fingerprint density at radius 2 is 2.10 bits per heavy atom. The van der Waals surface area contributed by atoms with Crippen molar-refractivity contribution in [2.75, 3.05) is 5.32 Å². The molecule has 0 radical (unpaired) electrons. The van der Waals surface area contributed by atoms with Crippen molar-refractivity contribution in [2.24, 2.45) is 0 Å². The van der Waals surface area contributed by atoms with E-state index in [4.69, 9.17) is 0 Å². The Balaban J connectivity index is 1.70. The van der Waals surface area contributed by atoms with Crippen LogP contribution in [0.4, 0.5) is 5.82 Å². The second-order valence-corrected chi connectivity index (χ2v) is 5.83. The molecule has 1 aliphatic heterocycles. The molecule has 0 aliphatic carbocycles. The van der Waals surface area contributed by atoms with Crippen LogP contribution >= 0.6 is 0 Å². The minimum absolute atomic E-state index is 0.401. The van der Waals surface area contributed by atoms with Gasteiger partial charge in [-0.3, -0.25) is 0 Å². The molecule has 3 heterocycles. The largest absolute Gasteiger partial charge is 0.363 e. The van der Waals surface area contributed by atoms with Crippen molar-refractivity contribution in [2.45, 2.75) is 58.5 Å². The average molecular weight is 286 g/mol.